The Morgan fingerprint density at radius 3 is 2.52 bits per heavy atom. The van der Waals surface area contributed by atoms with Gasteiger partial charge in [0.15, 0.2) is 0 Å². The highest BCUT2D eigenvalue weighted by atomic mass is 16.5. The number of amides is 1. The molecule has 1 aromatic heterocycles. The van der Waals surface area contributed by atoms with Crippen molar-refractivity contribution in [2.75, 3.05) is 12.4 Å². The highest BCUT2D eigenvalue weighted by Crippen LogP contribution is 2.38. The van der Waals surface area contributed by atoms with E-state index in [0.717, 1.165) is 46.0 Å². The maximum absolute atomic E-state index is 13.0. The normalized spacial score (nSPS) is 14.7. The molecular weight excluding hydrogens is 364 g/mol. The molecule has 0 radical (unpaired) electrons. The lowest BCUT2D eigenvalue weighted by atomic mass is 10.0. The molecule has 4 aromatic rings. The fraction of sp³-hybridized carbons (Fsp3) is 0.208. The standard InChI is InChI=1S/C24H22N2O3/c1-28-22-13-18-17-9-5-6-10-20(17)29-21(18)14-19(22)26-23(15-7-3-2-4-8-15)24(27)25-16-11-12-16/h2-10,13-14,16,23,26H,11-12H2,1H3,(H,25,27)/t23-/m1/s1. The zero-order valence-electron chi connectivity index (χ0n) is 16.1. The minimum atomic E-state index is -0.521. The van der Waals surface area contributed by atoms with E-state index in [0.29, 0.717) is 5.75 Å². The maximum atomic E-state index is 13.0. The molecule has 3 aromatic carbocycles. The van der Waals surface area contributed by atoms with Crippen LogP contribution in [0.2, 0.25) is 0 Å². The van der Waals surface area contributed by atoms with Crippen molar-refractivity contribution in [3.63, 3.8) is 0 Å². The van der Waals surface area contributed by atoms with Crippen LogP contribution in [0.15, 0.2) is 71.1 Å². The summed E-state index contributed by atoms with van der Waals surface area (Å²) in [5, 5.41) is 8.52. The van der Waals surface area contributed by atoms with Gasteiger partial charge in [-0.1, -0.05) is 48.5 Å². The Labute approximate surface area is 168 Å². The highest BCUT2D eigenvalue weighted by molar-refractivity contribution is 6.06. The van der Waals surface area contributed by atoms with Gasteiger partial charge in [0.25, 0.3) is 0 Å². The molecule has 0 unspecified atom stereocenters. The molecule has 1 amide bonds. The Kier molecular flexibility index (Phi) is 4.35. The second-order valence-electron chi connectivity index (χ2n) is 7.42. The van der Waals surface area contributed by atoms with Crippen LogP contribution >= 0.6 is 0 Å². The first-order valence-corrected chi connectivity index (χ1v) is 9.84. The molecule has 5 nitrogen and oxygen atoms in total. The number of carbonyl (C=O) groups excluding carboxylic acids is 1. The van der Waals surface area contributed by atoms with Crippen molar-refractivity contribution in [2.24, 2.45) is 0 Å². The molecule has 1 heterocycles. The first-order valence-electron chi connectivity index (χ1n) is 9.84. The Hall–Kier alpha value is -3.47. The Bertz CT molecular complexity index is 1180. The molecule has 2 N–H and O–H groups in total. The molecule has 1 aliphatic carbocycles. The molecule has 0 saturated heterocycles. The fourth-order valence-electron chi connectivity index (χ4n) is 3.65. The Morgan fingerprint density at radius 1 is 1.00 bits per heavy atom. The van der Waals surface area contributed by atoms with Crippen LogP contribution in [0.5, 0.6) is 5.75 Å². The number of benzene rings is 3. The molecule has 29 heavy (non-hydrogen) atoms. The van der Waals surface area contributed by atoms with E-state index in [4.69, 9.17) is 9.15 Å². The van der Waals surface area contributed by atoms with E-state index < -0.39 is 6.04 Å². The van der Waals surface area contributed by atoms with Crippen LogP contribution in [0.4, 0.5) is 5.69 Å². The molecule has 1 fully saturated rings. The second-order valence-corrected chi connectivity index (χ2v) is 7.42. The van der Waals surface area contributed by atoms with Gasteiger partial charge in [-0.3, -0.25) is 4.79 Å². The average molecular weight is 386 g/mol. The Morgan fingerprint density at radius 2 is 1.76 bits per heavy atom. The van der Waals surface area contributed by atoms with Gasteiger partial charge in [0.1, 0.15) is 23.0 Å². The van der Waals surface area contributed by atoms with E-state index in [2.05, 4.69) is 10.6 Å². The molecular formula is C24H22N2O3. The largest absolute Gasteiger partial charge is 0.495 e. The van der Waals surface area contributed by atoms with Crippen molar-refractivity contribution in [3.05, 3.63) is 72.3 Å². The summed E-state index contributed by atoms with van der Waals surface area (Å²) >= 11 is 0. The SMILES string of the molecule is COc1cc2c(cc1N[C@@H](C(=O)NC1CC1)c1ccccc1)oc1ccccc12. The van der Waals surface area contributed by atoms with Gasteiger partial charge in [0.2, 0.25) is 5.91 Å². The quantitative estimate of drug-likeness (QED) is 0.488. The number of furan rings is 1. The van der Waals surface area contributed by atoms with Gasteiger partial charge in [0.05, 0.1) is 12.8 Å². The van der Waals surface area contributed by atoms with Crippen molar-refractivity contribution in [1.29, 1.82) is 0 Å². The van der Waals surface area contributed by atoms with Crippen molar-refractivity contribution >= 4 is 33.5 Å². The monoisotopic (exact) mass is 386 g/mol. The van der Waals surface area contributed by atoms with Crippen LogP contribution in [0.1, 0.15) is 24.4 Å². The lowest BCUT2D eigenvalue weighted by molar-refractivity contribution is -0.122. The van der Waals surface area contributed by atoms with E-state index in [9.17, 15) is 4.79 Å². The zero-order valence-corrected chi connectivity index (χ0v) is 16.1. The highest BCUT2D eigenvalue weighted by Gasteiger charge is 2.29. The molecule has 1 saturated carbocycles. The van der Waals surface area contributed by atoms with Gasteiger partial charge in [-0.15, -0.1) is 0 Å². The predicted octanol–water partition coefficient (Wildman–Crippen LogP) is 5.03. The number of hydrogen-bond donors (Lipinski definition) is 2. The summed E-state index contributed by atoms with van der Waals surface area (Å²) in [6, 6.07) is 21.3. The van der Waals surface area contributed by atoms with Crippen LogP contribution in [0, 0.1) is 0 Å². The smallest absolute Gasteiger partial charge is 0.247 e. The third-order valence-electron chi connectivity index (χ3n) is 5.32. The number of fused-ring (bicyclic) bond motifs is 3. The number of nitrogens with one attached hydrogen (secondary N) is 2. The van der Waals surface area contributed by atoms with E-state index in [1.807, 2.05) is 66.7 Å². The third-order valence-corrected chi connectivity index (χ3v) is 5.32. The van der Waals surface area contributed by atoms with E-state index >= 15 is 0 Å². The predicted molar refractivity (Wildman–Crippen MR) is 114 cm³/mol. The molecule has 146 valence electrons. The fourth-order valence-corrected chi connectivity index (χ4v) is 3.65. The summed E-state index contributed by atoms with van der Waals surface area (Å²) in [6.07, 6.45) is 2.09. The van der Waals surface area contributed by atoms with Gasteiger partial charge in [-0.25, -0.2) is 0 Å². The van der Waals surface area contributed by atoms with E-state index in [1.54, 1.807) is 7.11 Å². The average Bonchev–Trinajstić information content (AvgIpc) is 3.50. The second kappa shape index (κ2) is 7.17. The minimum Gasteiger partial charge on any atom is -0.495 e. The summed E-state index contributed by atoms with van der Waals surface area (Å²) in [6.45, 7) is 0. The van der Waals surface area contributed by atoms with Crippen LogP contribution in [-0.4, -0.2) is 19.1 Å². The molecule has 1 aliphatic rings. The van der Waals surface area contributed by atoms with Gasteiger partial charge < -0.3 is 19.8 Å². The van der Waals surface area contributed by atoms with Crippen molar-refractivity contribution in [2.45, 2.75) is 24.9 Å². The third kappa shape index (κ3) is 3.40. The van der Waals surface area contributed by atoms with Crippen LogP contribution in [-0.2, 0) is 4.79 Å². The lowest BCUT2D eigenvalue weighted by Crippen LogP contribution is -2.34. The lowest BCUT2D eigenvalue weighted by Gasteiger charge is -2.21. The van der Waals surface area contributed by atoms with Gasteiger partial charge in [0, 0.05) is 22.9 Å². The molecule has 0 aliphatic heterocycles. The van der Waals surface area contributed by atoms with Crippen molar-refractivity contribution in [3.8, 4) is 5.75 Å². The number of hydrogen-bond acceptors (Lipinski definition) is 4. The first kappa shape index (κ1) is 17.6. The van der Waals surface area contributed by atoms with Crippen molar-refractivity contribution < 1.29 is 13.9 Å². The van der Waals surface area contributed by atoms with Gasteiger partial charge in [-0.2, -0.15) is 0 Å². The maximum Gasteiger partial charge on any atom is 0.247 e. The van der Waals surface area contributed by atoms with E-state index in [-0.39, 0.29) is 11.9 Å². The Balaban J connectivity index is 1.56. The molecule has 5 heteroatoms. The van der Waals surface area contributed by atoms with Crippen LogP contribution in [0.25, 0.3) is 21.9 Å². The number of anilines is 1. The first-order chi connectivity index (χ1) is 14.2. The number of para-hydroxylation sites is 1. The topological polar surface area (TPSA) is 63.5 Å². The van der Waals surface area contributed by atoms with Gasteiger partial charge in [-0.05, 0) is 30.5 Å². The summed E-state index contributed by atoms with van der Waals surface area (Å²) in [7, 11) is 1.64. The zero-order chi connectivity index (χ0) is 19.8. The van der Waals surface area contributed by atoms with Crippen LogP contribution in [0.3, 0.4) is 0 Å². The van der Waals surface area contributed by atoms with Gasteiger partial charge >= 0.3 is 0 Å². The van der Waals surface area contributed by atoms with Crippen LogP contribution < -0.4 is 15.4 Å². The molecule has 0 spiro atoms. The van der Waals surface area contributed by atoms with E-state index in [1.165, 1.54) is 0 Å². The molecule has 1 atom stereocenters. The number of rotatable bonds is 6. The summed E-state index contributed by atoms with van der Waals surface area (Å²) in [5.41, 5.74) is 3.20. The minimum absolute atomic E-state index is 0.0366. The summed E-state index contributed by atoms with van der Waals surface area (Å²) in [5.74, 6) is 0.634. The summed E-state index contributed by atoms with van der Waals surface area (Å²) in [4.78, 5) is 13.0. The number of ether oxygens (including phenoxy) is 1. The number of carbonyl (C=O) groups is 1. The van der Waals surface area contributed by atoms with Crippen molar-refractivity contribution in [1.82, 2.24) is 5.32 Å². The molecule has 0 bridgehead atoms. The summed E-state index contributed by atoms with van der Waals surface area (Å²) < 4.78 is 11.7. The number of methoxy groups -OCH3 is 1. The molecule has 5 rings (SSSR count).